The number of nitrogens with one attached hydrogen (secondary N) is 1. The van der Waals surface area contributed by atoms with Crippen LogP contribution >= 0.6 is 15.9 Å². The molecule has 0 heterocycles. The predicted molar refractivity (Wildman–Crippen MR) is 89.2 cm³/mol. The zero-order chi connectivity index (χ0) is 16.7. The fourth-order valence-electron chi connectivity index (χ4n) is 1.71. The van der Waals surface area contributed by atoms with Gasteiger partial charge in [-0.3, -0.25) is 4.79 Å². The van der Waals surface area contributed by atoms with E-state index in [2.05, 4.69) is 21.2 Å². The summed E-state index contributed by atoms with van der Waals surface area (Å²) in [6.07, 6.45) is 2.79. The van der Waals surface area contributed by atoms with Crippen LogP contribution in [0.1, 0.15) is 5.56 Å². The Morgan fingerprint density at radius 2 is 1.96 bits per heavy atom. The topological polar surface area (TPSA) is 55.4 Å². The molecule has 0 radical (unpaired) electrons. The van der Waals surface area contributed by atoms with Gasteiger partial charge in [0.25, 0.3) is 5.91 Å². The zero-order valence-corrected chi connectivity index (χ0v) is 13.5. The van der Waals surface area contributed by atoms with E-state index in [1.807, 2.05) is 24.3 Å². The molecule has 2 aromatic carbocycles. The van der Waals surface area contributed by atoms with Gasteiger partial charge in [0, 0.05) is 10.5 Å². The number of para-hydroxylation sites is 1. The molecule has 0 unspecified atom stereocenters. The molecule has 0 aromatic heterocycles. The summed E-state index contributed by atoms with van der Waals surface area (Å²) in [6.45, 7) is -0.490. The number of esters is 1. The van der Waals surface area contributed by atoms with Crippen molar-refractivity contribution < 1.29 is 18.7 Å². The van der Waals surface area contributed by atoms with Crippen molar-refractivity contribution in [2.24, 2.45) is 0 Å². The zero-order valence-electron chi connectivity index (χ0n) is 12.0. The highest BCUT2D eigenvalue weighted by Crippen LogP contribution is 2.13. The first kappa shape index (κ1) is 16.9. The Morgan fingerprint density at radius 3 is 2.70 bits per heavy atom. The smallest absolute Gasteiger partial charge is 0.331 e. The number of ether oxygens (including phenoxy) is 1. The molecule has 0 aliphatic rings. The summed E-state index contributed by atoms with van der Waals surface area (Å²) in [5, 5.41) is 2.33. The summed E-state index contributed by atoms with van der Waals surface area (Å²) in [6, 6.07) is 13.1. The highest BCUT2D eigenvalue weighted by atomic mass is 79.9. The van der Waals surface area contributed by atoms with E-state index in [1.165, 1.54) is 24.3 Å². The second kappa shape index (κ2) is 8.24. The van der Waals surface area contributed by atoms with Gasteiger partial charge in [0.1, 0.15) is 5.82 Å². The molecule has 0 atom stereocenters. The quantitative estimate of drug-likeness (QED) is 0.637. The lowest BCUT2D eigenvalue weighted by atomic mass is 10.2. The minimum atomic E-state index is -0.659. The van der Waals surface area contributed by atoms with Crippen LogP contribution in [0, 0.1) is 5.82 Å². The molecule has 6 heteroatoms. The lowest BCUT2D eigenvalue weighted by Crippen LogP contribution is -2.20. The molecule has 0 aliphatic carbocycles. The standard InChI is InChI=1S/C17H13BrFNO3/c18-13-5-3-4-12(10-13)8-9-17(22)23-11-16(21)20-15-7-2-1-6-14(15)19/h1-10H,11H2,(H,20,21)/b9-8+. The molecule has 0 saturated heterocycles. The second-order valence-corrected chi connectivity index (χ2v) is 5.44. The SMILES string of the molecule is O=C(COC(=O)/C=C/c1cccc(Br)c1)Nc1ccccc1F. The number of halogens is 2. The highest BCUT2D eigenvalue weighted by Gasteiger charge is 2.08. The minimum Gasteiger partial charge on any atom is -0.452 e. The van der Waals surface area contributed by atoms with Crippen LogP contribution in [0.25, 0.3) is 6.08 Å². The molecule has 118 valence electrons. The normalized spacial score (nSPS) is 10.5. The van der Waals surface area contributed by atoms with Gasteiger partial charge in [-0.1, -0.05) is 40.2 Å². The summed E-state index contributed by atoms with van der Waals surface area (Å²) in [5.41, 5.74) is 0.852. The predicted octanol–water partition coefficient (Wildman–Crippen LogP) is 3.78. The Morgan fingerprint density at radius 1 is 1.17 bits per heavy atom. The summed E-state index contributed by atoms with van der Waals surface area (Å²) < 4.78 is 19.0. The first-order chi connectivity index (χ1) is 11.0. The maximum Gasteiger partial charge on any atom is 0.331 e. The number of carbonyl (C=O) groups is 2. The Bertz CT molecular complexity index is 746. The van der Waals surface area contributed by atoms with Gasteiger partial charge in [-0.15, -0.1) is 0 Å². The van der Waals surface area contributed by atoms with Gasteiger partial charge in [0.2, 0.25) is 0 Å². The van der Waals surface area contributed by atoms with Crippen molar-refractivity contribution in [3.63, 3.8) is 0 Å². The van der Waals surface area contributed by atoms with Crippen molar-refractivity contribution in [3.05, 3.63) is 70.5 Å². The van der Waals surface area contributed by atoms with Crippen molar-refractivity contribution in [3.8, 4) is 0 Å². The molecule has 0 spiro atoms. The lowest BCUT2D eigenvalue weighted by molar-refractivity contribution is -0.142. The van der Waals surface area contributed by atoms with Crippen molar-refractivity contribution in [1.29, 1.82) is 0 Å². The van der Waals surface area contributed by atoms with E-state index >= 15 is 0 Å². The maximum atomic E-state index is 13.4. The van der Waals surface area contributed by atoms with Crippen molar-refractivity contribution in [1.82, 2.24) is 0 Å². The average Bonchev–Trinajstić information content (AvgIpc) is 2.53. The van der Waals surface area contributed by atoms with E-state index in [0.29, 0.717) is 0 Å². The summed E-state index contributed by atoms with van der Waals surface area (Å²) in [4.78, 5) is 23.2. The number of rotatable bonds is 5. The van der Waals surface area contributed by atoms with Crippen LogP contribution in [-0.4, -0.2) is 18.5 Å². The van der Waals surface area contributed by atoms with E-state index in [1.54, 1.807) is 12.1 Å². The Labute approximate surface area is 141 Å². The fraction of sp³-hybridized carbons (Fsp3) is 0.0588. The van der Waals surface area contributed by atoms with Crippen LogP contribution in [0.5, 0.6) is 0 Å². The van der Waals surface area contributed by atoms with Crippen LogP contribution in [0.15, 0.2) is 59.1 Å². The molecule has 1 N–H and O–H groups in total. The molecule has 0 bridgehead atoms. The molecular formula is C17H13BrFNO3. The first-order valence-corrected chi connectivity index (χ1v) is 7.48. The fourth-order valence-corrected chi connectivity index (χ4v) is 2.13. The van der Waals surface area contributed by atoms with Gasteiger partial charge in [-0.05, 0) is 35.9 Å². The minimum absolute atomic E-state index is 0.0400. The number of amides is 1. The van der Waals surface area contributed by atoms with Gasteiger partial charge in [-0.25, -0.2) is 9.18 Å². The molecule has 23 heavy (non-hydrogen) atoms. The van der Waals surface area contributed by atoms with Crippen LogP contribution in [-0.2, 0) is 14.3 Å². The maximum absolute atomic E-state index is 13.4. The van der Waals surface area contributed by atoms with E-state index in [4.69, 9.17) is 4.74 Å². The van der Waals surface area contributed by atoms with Crippen molar-refractivity contribution >= 4 is 39.6 Å². The van der Waals surface area contributed by atoms with Crippen molar-refractivity contribution in [2.75, 3.05) is 11.9 Å². The van der Waals surface area contributed by atoms with Gasteiger partial charge >= 0.3 is 5.97 Å². The number of hydrogen-bond donors (Lipinski definition) is 1. The third-order valence-corrected chi connectivity index (χ3v) is 3.25. The lowest BCUT2D eigenvalue weighted by Gasteiger charge is -2.06. The number of benzene rings is 2. The second-order valence-electron chi connectivity index (χ2n) is 4.52. The highest BCUT2D eigenvalue weighted by molar-refractivity contribution is 9.10. The number of anilines is 1. The molecule has 0 aliphatic heterocycles. The van der Waals surface area contributed by atoms with E-state index in [-0.39, 0.29) is 5.69 Å². The van der Waals surface area contributed by atoms with Gasteiger partial charge < -0.3 is 10.1 Å². The third-order valence-electron chi connectivity index (χ3n) is 2.75. The molecule has 2 aromatic rings. The van der Waals surface area contributed by atoms with Crippen LogP contribution < -0.4 is 5.32 Å². The molecule has 2 rings (SSSR count). The van der Waals surface area contributed by atoms with Crippen LogP contribution in [0.2, 0.25) is 0 Å². The molecule has 0 saturated carbocycles. The molecule has 4 nitrogen and oxygen atoms in total. The molecule has 1 amide bonds. The van der Waals surface area contributed by atoms with Gasteiger partial charge in [-0.2, -0.15) is 0 Å². The summed E-state index contributed by atoms with van der Waals surface area (Å²) in [7, 11) is 0. The monoisotopic (exact) mass is 377 g/mol. The molecular weight excluding hydrogens is 365 g/mol. The average molecular weight is 378 g/mol. The van der Waals surface area contributed by atoms with Crippen LogP contribution in [0.3, 0.4) is 0 Å². The van der Waals surface area contributed by atoms with E-state index in [9.17, 15) is 14.0 Å². The Kier molecular flexibility index (Phi) is 6.05. The first-order valence-electron chi connectivity index (χ1n) is 6.69. The Hall–Kier alpha value is -2.47. The van der Waals surface area contributed by atoms with Gasteiger partial charge in [0.15, 0.2) is 6.61 Å². The van der Waals surface area contributed by atoms with Gasteiger partial charge in [0.05, 0.1) is 5.69 Å². The summed E-state index contributed by atoms with van der Waals surface area (Å²) >= 11 is 3.32. The van der Waals surface area contributed by atoms with Crippen LogP contribution in [0.4, 0.5) is 10.1 Å². The van der Waals surface area contributed by atoms with E-state index < -0.39 is 24.3 Å². The van der Waals surface area contributed by atoms with E-state index in [0.717, 1.165) is 10.0 Å². The largest absolute Gasteiger partial charge is 0.452 e. The summed E-state index contributed by atoms with van der Waals surface area (Å²) in [5.74, 6) is -1.82. The van der Waals surface area contributed by atoms with Crippen molar-refractivity contribution in [2.45, 2.75) is 0 Å². The Balaban J connectivity index is 1.82. The number of carbonyl (C=O) groups excluding carboxylic acids is 2. The third kappa shape index (κ3) is 5.67. The molecule has 0 fully saturated rings. The number of hydrogen-bond acceptors (Lipinski definition) is 3.